The number of hydrogen-bond donors (Lipinski definition) is 1. The molecule has 1 unspecified atom stereocenters. The highest BCUT2D eigenvalue weighted by Crippen LogP contribution is 2.24. The van der Waals surface area contributed by atoms with Crippen LogP contribution in [0.4, 0.5) is 11.4 Å². The Hall–Kier alpha value is -1.03. The molecule has 0 saturated carbocycles. The predicted octanol–water partition coefficient (Wildman–Crippen LogP) is 4.28. The molecule has 116 valence electrons. The smallest absolute Gasteiger partial charge is 0.238 e. The fourth-order valence-electron chi connectivity index (χ4n) is 2.54. The second-order valence-corrected chi connectivity index (χ2v) is 7.34. The van der Waals surface area contributed by atoms with E-state index in [1.165, 1.54) is 18.5 Å². The van der Waals surface area contributed by atoms with Crippen LogP contribution in [0.1, 0.15) is 33.6 Å². The zero-order valence-corrected chi connectivity index (χ0v) is 14.7. The van der Waals surface area contributed by atoms with Gasteiger partial charge in [0.1, 0.15) is 0 Å². The summed E-state index contributed by atoms with van der Waals surface area (Å²) < 4.78 is 0. The Morgan fingerprint density at radius 1 is 1.24 bits per heavy atom. The number of nitrogens with zero attached hydrogens (tertiary/aromatic N) is 1. The quantitative estimate of drug-likeness (QED) is 0.820. The molecule has 1 aromatic carbocycles. The highest BCUT2D eigenvalue weighted by molar-refractivity contribution is 9.10. The summed E-state index contributed by atoms with van der Waals surface area (Å²) in [6.07, 6.45) is 2.52. The van der Waals surface area contributed by atoms with Gasteiger partial charge in [0.05, 0.1) is 4.83 Å². The van der Waals surface area contributed by atoms with Crippen molar-refractivity contribution in [2.45, 2.75) is 38.4 Å². The van der Waals surface area contributed by atoms with Crippen LogP contribution in [0, 0.1) is 11.8 Å². The first-order valence-corrected chi connectivity index (χ1v) is 8.69. The van der Waals surface area contributed by atoms with E-state index in [1.807, 2.05) is 26.0 Å². The molecule has 1 heterocycles. The molecule has 0 aromatic heterocycles. The van der Waals surface area contributed by atoms with Crippen LogP contribution in [-0.2, 0) is 4.79 Å². The van der Waals surface area contributed by atoms with Gasteiger partial charge >= 0.3 is 0 Å². The van der Waals surface area contributed by atoms with Crippen molar-refractivity contribution < 1.29 is 4.79 Å². The van der Waals surface area contributed by atoms with Gasteiger partial charge in [-0.1, -0.05) is 36.7 Å². The lowest BCUT2D eigenvalue weighted by molar-refractivity contribution is -0.116. The standard InChI is InChI=1S/C17H25BrN2O/c1-12(2)16(18)17(21)19-14-4-6-15(7-5-14)20-10-8-13(3)9-11-20/h4-7,12-13,16H,8-11H2,1-3H3,(H,19,21). The Balaban J connectivity index is 1.94. The molecular formula is C17H25BrN2O. The second-order valence-electron chi connectivity index (χ2n) is 6.35. The fourth-order valence-corrected chi connectivity index (χ4v) is 2.65. The second kappa shape index (κ2) is 7.30. The topological polar surface area (TPSA) is 32.3 Å². The molecule has 0 aliphatic carbocycles. The molecule has 1 aliphatic heterocycles. The monoisotopic (exact) mass is 352 g/mol. The maximum atomic E-state index is 12.0. The lowest BCUT2D eigenvalue weighted by Gasteiger charge is -2.32. The Kier molecular flexibility index (Phi) is 5.68. The van der Waals surface area contributed by atoms with E-state index in [1.54, 1.807) is 0 Å². The SMILES string of the molecule is CC1CCN(c2ccc(NC(=O)C(Br)C(C)C)cc2)CC1. The molecule has 1 atom stereocenters. The summed E-state index contributed by atoms with van der Waals surface area (Å²) in [6.45, 7) is 8.63. The van der Waals surface area contributed by atoms with Gasteiger partial charge in [-0.05, 0) is 48.9 Å². The molecular weight excluding hydrogens is 328 g/mol. The number of hydrogen-bond acceptors (Lipinski definition) is 2. The minimum absolute atomic E-state index is 0.0181. The van der Waals surface area contributed by atoms with Crippen LogP contribution < -0.4 is 10.2 Å². The molecule has 1 amide bonds. The lowest BCUT2D eigenvalue weighted by Crippen LogP contribution is -2.32. The summed E-state index contributed by atoms with van der Waals surface area (Å²) in [7, 11) is 0. The molecule has 4 heteroatoms. The third kappa shape index (κ3) is 4.47. The number of halogens is 1. The first-order chi connectivity index (χ1) is 9.97. The molecule has 1 aliphatic rings. The van der Waals surface area contributed by atoms with Crippen molar-refractivity contribution in [1.29, 1.82) is 0 Å². The van der Waals surface area contributed by atoms with Crippen LogP contribution in [0.25, 0.3) is 0 Å². The van der Waals surface area contributed by atoms with Gasteiger partial charge in [-0.15, -0.1) is 0 Å². The Labute approximate surface area is 136 Å². The van der Waals surface area contributed by atoms with Gasteiger partial charge in [-0.3, -0.25) is 4.79 Å². The van der Waals surface area contributed by atoms with Gasteiger partial charge < -0.3 is 10.2 Å². The van der Waals surface area contributed by atoms with Crippen molar-refractivity contribution >= 4 is 33.2 Å². The van der Waals surface area contributed by atoms with Crippen molar-refractivity contribution in [3.63, 3.8) is 0 Å². The van der Waals surface area contributed by atoms with E-state index >= 15 is 0 Å². The Bertz CT molecular complexity index is 464. The van der Waals surface area contributed by atoms with Crippen molar-refractivity contribution in [2.24, 2.45) is 11.8 Å². The zero-order chi connectivity index (χ0) is 15.4. The van der Waals surface area contributed by atoms with E-state index in [0.717, 1.165) is 24.7 Å². The van der Waals surface area contributed by atoms with E-state index in [-0.39, 0.29) is 16.7 Å². The van der Waals surface area contributed by atoms with E-state index in [2.05, 4.69) is 45.2 Å². The number of amides is 1. The summed E-state index contributed by atoms with van der Waals surface area (Å²) >= 11 is 3.43. The number of anilines is 2. The number of nitrogens with one attached hydrogen (secondary N) is 1. The average molecular weight is 353 g/mol. The molecule has 1 aromatic rings. The van der Waals surface area contributed by atoms with Gasteiger partial charge in [0.2, 0.25) is 5.91 Å². The summed E-state index contributed by atoms with van der Waals surface area (Å²) in [4.78, 5) is 14.3. The maximum Gasteiger partial charge on any atom is 0.238 e. The number of benzene rings is 1. The Morgan fingerprint density at radius 2 is 1.81 bits per heavy atom. The van der Waals surface area contributed by atoms with Crippen molar-refractivity contribution in [3.05, 3.63) is 24.3 Å². The minimum atomic E-state index is -0.152. The highest BCUT2D eigenvalue weighted by Gasteiger charge is 2.19. The highest BCUT2D eigenvalue weighted by atomic mass is 79.9. The van der Waals surface area contributed by atoms with Crippen LogP contribution in [0.3, 0.4) is 0 Å². The molecule has 1 N–H and O–H groups in total. The Morgan fingerprint density at radius 3 is 2.33 bits per heavy atom. The summed E-state index contributed by atoms with van der Waals surface area (Å²) in [5, 5.41) is 2.96. The summed E-state index contributed by atoms with van der Waals surface area (Å²) in [5.74, 6) is 1.14. The van der Waals surface area contributed by atoms with Crippen molar-refractivity contribution in [2.75, 3.05) is 23.3 Å². The van der Waals surface area contributed by atoms with Crippen LogP contribution in [0.15, 0.2) is 24.3 Å². The number of piperidine rings is 1. The maximum absolute atomic E-state index is 12.0. The van der Waals surface area contributed by atoms with Crippen LogP contribution >= 0.6 is 15.9 Å². The predicted molar refractivity (Wildman–Crippen MR) is 93.2 cm³/mol. The van der Waals surface area contributed by atoms with E-state index in [0.29, 0.717) is 0 Å². The van der Waals surface area contributed by atoms with Crippen molar-refractivity contribution in [3.8, 4) is 0 Å². The molecule has 0 bridgehead atoms. The van der Waals surface area contributed by atoms with Gasteiger partial charge in [0.25, 0.3) is 0 Å². The van der Waals surface area contributed by atoms with E-state index in [9.17, 15) is 4.79 Å². The number of rotatable bonds is 4. The zero-order valence-electron chi connectivity index (χ0n) is 13.1. The summed E-state index contributed by atoms with van der Waals surface area (Å²) in [6, 6.07) is 8.19. The van der Waals surface area contributed by atoms with Gasteiger partial charge in [-0.25, -0.2) is 0 Å². The molecule has 0 spiro atoms. The summed E-state index contributed by atoms with van der Waals surface area (Å²) in [5.41, 5.74) is 2.11. The first kappa shape index (κ1) is 16.3. The molecule has 1 saturated heterocycles. The minimum Gasteiger partial charge on any atom is -0.372 e. The van der Waals surface area contributed by atoms with Crippen LogP contribution in [0.5, 0.6) is 0 Å². The van der Waals surface area contributed by atoms with Gasteiger partial charge in [-0.2, -0.15) is 0 Å². The lowest BCUT2D eigenvalue weighted by atomic mass is 9.99. The number of alkyl halides is 1. The molecule has 3 nitrogen and oxygen atoms in total. The van der Waals surface area contributed by atoms with E-state index < -0.39 is 0 Å². The molecule has 1 fully saturated rings. The fraction of sp³-hybridized carbons (Fsp3) is 0.588. The van der Waals surface area contributed by atoms with Gasteiger partial charge in [0, 0.05) is 24.5 Å². The third-order valence-corrected chi connectivity index (χ3v) is 5.59. The molecule has 21 heavy (non-hydrogen) atoms. The number of carbonyl (C=O) groups is 1. The third-order valence-electron chi connectivity index (χ3n) is 4.12. The van der Waals surface area contributed by atoms with Crippen LogP contribution in [-0.4, -0.2) is 23.8 Å². The normalized spacial score (nSPS) is 17.9. The van der Waals surface area contributed by atoms with Gasteiger partial charge in [0.15, 0.2) is 0 Å². The number of carbonyl (C=O) groups excluding carboxylic acids is 1. The van der Waals surface area contributed by atoms with E-state index in [4.69, 9.17) is 0 Å². The average Bonchev–Trinajstić information content (AvgIpc) is 2.48. The first-order valence-electron chi connectivity index (χ1n) is 7.77. The van der Waals surface area contributed by atoms with Crippen LogP contribution in [0.2, 0.25) is 0 Å². The largest absolute Gasteiger partial charge is 0.372 e. The molecule has 0 radical (unpaired) electrons. The molecule has 2 rings (SSSR count). The van der Waals surface area contributed by atoms with Crippen molar-refractivity contribution in [1.82, 2.24) is 0 Å².